The number of thioether (sulfide) groups is 1. The molecule has 0 saturated heterocycles. The van der Waals surface area contributed by atoms with Crippen molar-refractivity contribution in [2.45, 2.75) is 24.1 Å². The Balaban J connectivity index is 1.67. The van der Waals surface area contributed by atoms with Crippen LogP contribution >= 0.6 is 23.4 Å². The van der Waals surface area contributed by atoms with E-state index in [0.717, 1.165) is 5.56 Å². The molecule has 0 bridgehead atoms. The zero-order valence-electron chi connectivity index (χ0n) is 18.3. The van der Waals surface area contributed by atoms with Crippen molar-refractivity contribution >= 4 is 29.3 Å². The fourth-order valence-electron chi connectivity index (χ4n) is 3.41. The van der Waals surface area contributed by atoms with Crippen molar-refractivity contribution in [2.75, 3.05) is 7.05 Å². The van der Waals surface area contributed by atoms with E-state index in [9.17, 15) is 13.6 Å². The average Bonchev–Trinajstić information content (AvgIpc) is 3.27. The van der Waals surface area contributed by atoms with Crippen molar-refractivity contribution in [3.05, 3.63) is 106 Å². The Labute approximate surface area is 205 Å². The van der Waals surface area contributed by atoms with Gasteiger partial charge in [-0.15, -0.1) is 0 Å². The lowest BCUT2D eigenvalue weighted by molar-refractivity contribution is 0.0776. The first-order valence-electron chi connectivity index (χ1n) is 10.4. The van der Waals surface area contributed by atoms with E-state index in [1.165, 1.54) is 24.0 Å². The fraction of sp³-hybridized carbons (Fsp3) is 0.160. The van der Waals surface area contributed by atoms with Crippen LogP contribution in [0.2, 0.25) is 5.02 Å². The fourth-order valence-corrected chi connectivity index (χ4v) is 4.74. The summed E-state index contributed by atoms with van der Waals surface area (Å²) in [6.07, 6.45) is 4.85. The van der Waals surface area contributed by atoms with Crippen molar-refractivity contribution in [1.82, 2.24) is 19.4 Å². The van der Waals surface area contributed by atoms with Crippen LogP contribution in [0, 0.1) is 5.82 Å². The summed E-state index contributed by atoms with van der Waals surface area (Å²) in [5, 5.41) is 0.819. The van der Waals surface area contributed by atoms with Gasteiger partial charge in [0, 0.05) is 48.0 Å². The predicted molar refractivity (Wildman–Crippen MR) is 129 cm³/mol. The van der Waals surface area contributed by atoms with Gasteiger partial charge in [0.2, 0.25) is 0 Å². The normalized spacial score (nSPS) is 10.9. The lowest BCUT2D eigenvalue weighted by Gasteiger charge is -2.19. The number of imidazole rings is 1. The second-order valence-electron chi connectivity index (χ2n) is 7.57. The van der Waals surface area contributed by atoms with Gasteiger partial charge in [0.15, 0.2) is 5.16 Å². The summed E-state index contributed by atoms with van der Waals surface area (Å²) in [7, 11) is 1.71. The SMILES string of the molecule is CN(Cc1ccncc1)C(=O)c1cnc(SCc2c(F)cccc2Cl)n1-c1ccc(CF)cc1. The van der Waals surface area contributed by atoms with Crippen LogP contribution in [0.15, 0.2) is 78.3 Å². The van der Waals surface area contributed by atoms with Crippen LogP contribution < -0.4 is 0 Å². The van der Waals surface area contributed by atoms with Crippen LogP contribution in [0.3, 0.4) is 0 Å². The number of halogens is 3. The van der Waals surface area contributed by atoms with E-state index in [2.05, 4.69) is 9.97 Å². The molecule has 34 heavy (non-hydrogen) atoms. The molecule has 0 unspecified atom stereocenters. The summed E-state index contributed by atoms with van der Waals surface area (Å²) in [6, 6.07) is 15.0. The second kappa shape index (κ2) is 10.8. The molecule has 4 aromatic rings. The average molecular weight is 499 g/mol. The largest absolute Gasteiger partial charge is 0.336 e. The topological polar surface area (TPSA) is 51.0 Å². The quantitative estimate of drug-likeness (QED) is 0.276. The molecule has 0 atom stereocenters. The molecule has 4 rings (SSSR count). The molecule has 0 aliphatic rings. The van der Waals surface area contributed by atoms with Crippen LogP contribution in [0.1, 0.15) is 27.2 Å². The summed E-state index contributed by atoms with van der Waals surface area (Å²) in [5.74, 6) is -0.417. The van der Waals surface area contributed by atoms with Gasteiger partial charge in [-0.05, 0) is 47.5 Å². The first-order valence-corrected chi connectivity index (χ1v) is 11.8. The van der Waals surface area contributed by atoms with Crippen molar-refractivity contribution in [2.24, 2.45) is 0 Å². The molecule has 0 spiro atoms. The van der Waals surface area contributed by atoms with Gasteiger partial charge >= 0.3 is 0 Å². The highest BCUT2D eigenvalue weighted by Gasteiger charge is 2.22. The standard InChI is InChI=1S/C25H21ClF2N4OS/c1-31(15-18-9-11-29-12-10-18)24(33)23-14-30-25(32(23)19-7-5-17(13-27)6-8-19)34-16-20-21(26)3-2-4-22(20)28/h2-12,14H,13,15-16H2,1H3. The van der Waals surface area contributed by atoms with Gasteiger partial charge in [-0.2, -0.15) is 0 Å². The number of aromatic nitrogens is 3. The second-order valence-corrected chi connectivity index (χ2v) is 8.92. The van der Waals surface area contributed by atoms with Crippen molar-refractivity contribution in [3.63, 3.8) is 0 Å². The van der Waals surface area contributed by atoms with Gasteiger partial charge in [0.05, 0.1) is 6.20 Å². The number of rotatable bonds is 8. The van der Waals surface area contributed by atoms with Crippen molar-refractivity contribution in [1.29, 1.82) is 0 Å². The maximum Gasteiger partial charge on any atom is 0.272 e. The maximum atomic E-state index is 14.3. The van der Waals surface area contributed by atoms with Crippen LogP contribution in [-0.4, -0.2) is 32.4 Å². The lowest BCUT2D eigenvalue weighted by Crippen LogP contribution is -2.28. The molecule has 9 heteroatoms. The first-order chi connectivity index (χ1) is 16.5. The number of carbonyl (C=O) groups excluding carboxylic acids is 1. The smallest absolute Gasteiger partial charge is 0.272 e. The third kappa shape index (κ3) is 5.29. The van der Waals surface area contributed by atoms with E-state index in [-0.39, 0.29) is 11.7 Å². The van der Waals surface area contributed by atoms with E-state index < -0.39 is 12.5 Å². The van der Waals surface area contributed by atoms with Gasteiger partial charge in [0.1, 0.15) is 18.2 Å². The third-order valence-corrected chi connectivity index (χ3v) is 6.55. The number of alkyl halides is 1. The zero-order valence-corrected chi connectivity index (χ0v) is 19.9. The Hall–Kier alpha value is -3.23. The van der Waals surface area contributed by atoms with Crippen LogP contribution in [0.4, 0.5) is 8.78 Å². The van der Waals surface area contributed by atoms with Crippen LogP contribution in [0.25, 0.3) is 5.69 Å². The van der Waals surface area contributed by atoms with Crippen LogP contribution in [0.5, 0.6) is 0 Å². The minimum Gasteiger partial charge on any atom is -0.336 e. The number of hydrogen-bond donors (Lipinski definition) is 0. The zero-order chi connectivity index (χ0) is 24.1. The van der Waals surface area contributed by atoms with E-state index >= 15 is 0 Å². The number of carbonyl (C=O) groups is 1. The van der Waals surface area contributed by atoms with Gasteiger partial charge in [-0.25, -0.2) is 13.8 Å². The maximum absolute atomic E-state index is 14.3. The highest BCUT2D eigenvalue weighted by Crippen LogP contribution is 2.31. The number of hydrogen-bond acceptors (Lipinski definition) is 4. The summed E-state index contributed by atoms with van der Waals surface area (Å²) in [6.45, 7) is -0.196. The van der Waals surface area contributed by atoms with Gasteiger partial charge in [0.25, 0.3) is 5.91 Å². The van der Waals surface area contributed by atoms with Crippen LogP contribution in [-0.2, 0) is 19.0 Å². The molecule has 2 aromatic heterocycles. The Morgan fingerprint density at radius 1 is 1.09 bits per heavy atom. The van der Waals surface area contributed by atoms with E-state index in [1.54, 1.807) is 65.3 Å². The number of pyridine rings is 1. The molecule has 1 amide bonds. The molecule has 0 radical (unpaired) electrons. The Morgan fingerprint density at radius 3 is 2.50 bits per heavy atom. The molecule has 0 saturated carbocycles. The molecular formula is C25H21ClF2N4OS. The van der Waals surface area contributed by atoms with Crippen molar-refractivity contribution < 1.29 is 13.6 Å². The highest BCUT2D eigenvalue weighted by molar-refractivity contribution is 7.98. The summed E-state index contributed by atoms with van der Waals surface area (Å²) >= 11 is 7.44. The Bertz CT molecular complexity index is 1260. The first kappa shape index (κ1) is 23.9. The van der Waals surface area contributed by atoms with E-state index in [4.69, 9.17) is 11.6 Å². The van der Waals surface area contributed by atoms with Crippen molar-refractivity contribution in [3.8, 4) is 5.69 Å². The molecular weight excluding hydrogens is 478 g/mol. The summed E-state index contributed by atoms with van der Waals surface area (Å²) in [4.78, 5) is 23.4. The third-order valence-electron chi connectivity index (χ3n) is 5.22. The Kier molecular flexibility index (Phi) is 7.59. The molecule has 0 aliphatic carbocycles. The molecule has 0 N–H and O–H groups in total. The molecule has 2 heterocycles. The lowest BCUT2D eigenvalue weighted by atomic mass is 10.2. The monoisotopic (exact) mass is 498 g/mol. The van der Waals surface area contributed by atoms with Gasteiger partial charge in [-0.1, -0.05) is 41.6 Å². The Morgan fingerprint density at radius 2 is 1.82 bits per heavy atom. The number of nitrogens with zero attached hydrogens (tertiary/aromatic N) is 4. The van der Waals surface area contributed by atoms with Gasteiger partial charge < -0.3 is 4.90 Å². The molecule has 0 aliphatic heterocycles. The molecule has 174 valence electrons. The minimum absolute atomic E-state index is 0.228. The molecule has 0 fully saturated rings. The van der Waals surface area contributed by atoms with Gasteiger partial charge in [-0.3, -0.25) is 14.3 Å². The minimum atomic E-state index is -0.585. The number of amides is 1. The van der Waals surface area contributed by atoms with E-state index in [1.807, 2.05) is 12.1 Å². The predicted octanol–water partition coefficient (Wildman–Crippen LogP) is 6.09. The van der Waals surface area contributed by atoms with E-state index in [0.29, 0.717) is 39.2 Å². The highest BCUT2D eigenvalue weighted by atomic mass is 35.5. The number of benzene rings is 2. The summed E-state index contributed by atoms with van der Waals surface area (Å²) in [5.41, 5.74) is 2.82. The summed E-state index contributed by atoms with van der Waals surface area (Å²) < 4.78 is 29.0. The molecule has 2 aromatic carbocycles. The molecule has 5 nitrogen and oxygen atoms in total.